The van der Waals surface area contributed by atoms with Crippen molar-refractivity contribution >= 4 is 5.82 Å². The monoisotopic (exact) mass is 193 g/mol. The fraction of sp³-hybridized carbons (Fsp3) is 0.545. The van der Waals surface area contributed by atoms with E-state index in [0.717, 1.165) is 6.54 Å². The number of nitrogens with two attached hydrogens (primary N) is 1. The van der Waals surface area contributed by atoms with Gasteiger partial charge in [-0.25, -0.2) is 4.98 Å². The number of aromatic nitrogens is 1. The molecule has 0 fully saturated rings. The van der Waals surface area contributed by atoms with Gasteiger partial charge in [0, 0.05) is 18.8 Å². The molecule has 0 aliphatic rings. The van der Waals surface area contributed by atoms with E-state index in [1.807, 2.05) is 18.3 Å². The predicted octanol–water partition coefficient (Wildman–Crippen LogP) is 1.89. The van der Waals surface area contributed by atoms with Crippen molar-refractivity contribution in [1.82, 2.24) is 9.88 Å². The highest BCUT2D eigenvalue weighted by atomic mass is 15.1. The van der Waals surface area contributed by atoms with Crippen molar-refractivity contribution in [2.45, 2.75) is 32.9 Å². The van der Waals surface area contributed by atoms with E-state index in [-0.39, 0.29) is 0 Å². The topological polar surface area (TPSA) is 42.1 Å². The average molecular weight is 193 g/mol. The van der Waals surface area contributed by atoms with Crippen LogP contribution in [0.4, 0.5) is 5.82 Å². The molecule has 2 N–H and O–H groups in total. The Balaban J connectivity index is 2.56. The van der Waals surface area contributed by atoms with Crippen molar-refractivity contribution in [2.24, 2.45) is 0 Å². The van der Waals surface area contributed by atoms with Gasteiger partial charge in [-0.1, -0.05) is 13.0 Å². The molecule has 14 heavy (non-hydrogen) atoms. The molecule has 0 saturated carbocycles. The Morgan fingerprint density at radius 2 is 2.21 bits per heavy atom. The molecule has 1 aromatic heterocycles. The highest BCUT2D eigenvalue weighted by Crippen LogP contribution is 2.08. The first kappa shape index (κ1) is 11.0. The van der Waals surface area contributed by atoms with Crippen LogP contribution in [0, 0.1) is 0 Å². The van der Waals surface area contributed by atoms with Gasteiger partial charge in [0.2, 0.25) is 0 Å². The number of rotatable bonds is 4. The molecule has 0 bridgehead atoms. The maximum absolute atomic E-state index is 5.52. The van der Waals surface area contributed by atoms with E-state index in [9.17, 15) is 0 Å². The van der Waals surface area contributed by atoms with E-state index in [2.05, 4.69) is 30.8 Å². The van der Waals surface area contributed by atoms with Gasteiger partial charge in [-0.15, -0.1) is 0 Å². The number of hydrogen-bond acceptors (Lipinski definition) is 3. The van der Waals surface area contributed by atoms with E-state index in [0.29, 0.717) is 11.9 Å². The molecule has 78 valence electrons. The van der Waals surface area contributed by atoms with Crippen LogP contribution in [0.2, 0.25) is 0 Å². The van der Waals surface area contributed by atoms with Crippen LogP contribution in [-0.2, 0) is 6.54 Å². The zero-order valence-corrected chi connectivity index (χ0v) is 9.20. The highest BCUT2D eigenvalue weighted by Gasteiger charge is 2.06. The maximum Gasteiger partial charge on any atom is 0.123 e. The SMILES string of the molecule is CCC(C)N(C)Cc1ccc(N)nc1. The fourth-order valence-electron chi connectivity index (χ4n) is 1.28. The Morgan fingerprint density at radius 3 is 2.71 bits per heavy atom. The lowest BCUT2D eigenvalue weighted by molar-refractivity contribution is 0.243. The van der Waals surface area contributed by atoms with Gasteiger partial charge in [0.1, 0.15) is 5.82 Å². The summed E-state index contributed by atoms with van der Waals surface area (Å²) < 4.78 is 0. The fourth-order valence-corrected chi connectivity index (χ4v) is 1.28. The molecule has 0 aliphatic heterocycles. The summed E-state index contributed by atoms with van der Waals surface area (Å²) in [6.07, 6.45) is 3.01. The first-order chi connectivity index (χ1) is 6.63. The Hall–Kier alpha value is -1.09. The Morgan fingerprint density at radius 1 is 1.50 bits per heavy atom. The molecule has 1 heterocycles. The molecule has 3 heteroatoms. The summed E-state index contributed by atoms with van der Waals surface area (Å²) in [5, 5.41) is 0. The normalized spacial score (nSPS) is 13.1. The molecule has 0 amide bonds. The summed E-state index contributed by atoms with van der Waals surface area (Å²) in [6, 6.07) is 4.48. The zero-order chi connectivity index (χ0) is 10.6. The smallest absolute Gasteiger partial charge is 0.123 e. The van der Waals surface area contributed by atoms with Crippen molar-refractivity contribution < 1.29 is 0 Å². The summed E-state index contributed by atoms with van der Waals surface area (Å²) in [4.78, 5) is 6.38. The van der Waals surface area contributed by atoms with Gasteiger partial charge in [0.05, 0.1) is 0 Å². The van der Waals surface area contributed by atoms with Crippen LogP contribution in [-0.4, -0.2) is 23.0 Å². The minimum atomic E-state index is 0.583. The number of pyridine rings is 1. The maximum atomic E-state index is 5.52. The third-order valence-electron chi connectivity index (χ3n) is 2.62. The molecule has 1 rings (SSSR count). The lowest BCUT2D eigenvalue weighted by atomic mass is 10.2. The lowest BCUT2D eigenvalue weighted by Gasteiger charge is -2.23. The number of anilines is 1. The zero-order valence-electron chi connectivity index (χ0n) is 9.20. The van der Waals surface area contributed by atoms with Gasteiger partial charge in [-0.05, 0) is 32.0 Å². The summed E-state index contributed by atoms with van der Waals surface area (Å²) >= 11 is 0. The molecule has 0 aliphatic carbocycles. The van der Waals surface area contributed by atoms with Crippen molar-refractivity contribution in [3.05, 3.63) is 23.9 Å². The number of nitrogens with zero attached hydrogens (tertiary/aromatic N) is 2. The van der Waals surface area contributed by atoms with Crippen molar-refractivity contribution in [2.75, 3.05) is 12.8 Å². The number of nitrogen functional groups attached to an aromatic ring is 1. The van der Waals surface area contributed by atoms with Crippen molar-refractivity contribution in [3.8, 4) is 0 Å². The second-order valence-electron chi connectivity index (χ2n) is 3.76. The van der Waals surface area contributed by atoms with Crippen LogP contribution in [0.15, 0.2) is 18.3 Å². The van der Waals surface area contributed by atoms with Gasteiger partial charge in [-0.2, -0.15) is 0 Å². The summed E-state index contributed by atoms with van der Waals surface area (Å²) in [5.41, 5.74) is 6.73. The minimum Gasteiger partial charge on any atom is -0.384 e. The molecular weight excluding hydrogens is 174 g/mol. The average Bonchev–Trinajstić information content (AvgIpc) is 2.20. The van der Waals surface area contributed by atoms with Gasteiger partial charge in [0.15, 0.2) is 0 Å². The van der Waals surface area contributed by atoms with Crippen LogP contribution < -0.4 is 5.73 Å². The van der Waals surface area contributed by atoms with Crippen LogP contribution >= 0.6 is 0 Å². The van der Waals surface area contributed by atoms with Crippen LogP contribution in [0.25, 0.3) is 0 Å². The van der Waals surface area contributed by atoms with Gasteiger partial charge in [0.25, 0.3) is 0 Å². The molecule has 1 aromatic rings. The summed E-state index contributed by atoms with van der Waals surface area (Å²) in [7, 11) is 2.13. The standard InChI is InChI=1S/C11H19N3/c1-4-9(2)14(3)8-10-5-6-11(12)13-7-10/h5-7,9H,4,8H2,1-3H3,(H2,12,13). The Labute approximate surface area is 85.9 Å². The molecule has 0 radical (unpaired) electrons. The van der Waals surface area contributed by atoms with Crippen LogP contribution in [0.3, 0.4) is 0 Å². The predicted molar refractivity (Wildman–Crippen MR) is 59.9 cm³/mol. The van der Waals surface area contributed by atoms with E-state index < -0.39 is 0 Å². The van der Waals surface area contributed by atoms with Crippen LogP contribution in [0.1, 0.15) is 25.8 Å². The minimum absolute atomic E-state index is 0.583. The highest BCUT2D eigenvalue weighted by molar-refractivity contribution is 5.29. The molecule has 0 aromatic carbocycles. The largest absolute Gasteiger partial charge is 0.384 e. The van der Waals surface area contributed by atoms with E-state index in [1.165, 1.54) is 12.0 Å². The van der Waals surface area contributed by atoms with Crippen molar-refractivity contribution in [3.63, 3.8) is 0 Å². The quantitative estimate of drug-likeness (QED) is 0.794. The van der Waals surface area contributed by atoms with E-state index >= 15 is 0 Å². The Kier molecular flexibility index (Phi) is 3.89. The third-order valence-corrected chi connectivity index (χ3v) is 2.62. The third kappa shape index (κ3) is 3.00. The molecule has 3 nitrogen and oxygen atoms in total. The van der Waals surface area contributed by atoms with Gasteiger partial charge in [-0.3, -0.25) is 4.90 Å². The summed E-state index contributed by atoms with van der Waals surface area (Å²) in [6.45, 7) is 5.36. The van der Waals surface area contributed by atoms with E-state index in [1.54, 1.807) is 0 Å². The summed E-state index contributed by atoms with van der Waals surface area (Å²) in [5.74, 6) is 0.583. The molecular formula is C11H19N3. The second kappa shape index (κ2) is 4.96. The first-order valence-corrected chi connectivity index (χ1v) is 5.04. The van der Waals surface area contributed by atoms with Gasteiger partial charge >= 0.3 is 0 Å². The first-order valence-electron chi connectivity index (χ1n) is 5.04. The van der Waals surface area contributed by atoms with Crippen LogP contribution in [0.5, 0.6) is 0 Å². The molecule has 0 spiro atoms. The van der Waals surface area contributed by atoms with E-state index in [4.69, 9.17) is 5.73 Å². The second-order valence-corrected chi connectivity index (χ2v) is 3.76. The lowest BCUT2D eigenvalue weighted by Crippen LogP contribution is -2.27. The molecule has 1 atom stereocenters. The number of hydrogen-bond donors (Lipinski definition) is 1. The Bertz CT molecular complexity index is 268. The van der Waals surface area contributed by atoms with Gasteiger partial charge < -0.3 is 5.73 Å². The molecule has 1 unspecified atom stereocenters. The molecule has 0 saturated heterocycles. The van der Waals surface area contributed by atoms with Crippen molar-refractivity contribution in [1.29, 1.82) is 0 Å².